The fourth-order valence-electron chi connectivity index (χ4n) is 5.50. The van der Waals surface area contributed by atoms with Crippen LogP contribution in [0.2, 0.25) is 0 Å². The minimum absolute atomic E-state index is 0.111. The maximum Gasteiger partial charge on any atom is 0.451 e. The zero-order valence-corrected chi connectivity index (χ0v) is 23.7. The van der Waals surface area contributed by atoms with E-state index in [-0.39, 0.29) is 23.6 Å². The maximum atomic E-state index is 13.9. The summed E-state index contributed by atoms with van der Waals surface area (Å²) in [7, 11) is 1.56. The lowest BCUT2D eigenvalue weighted by Gasteiger charge is -2.34. The molecule has 0 bridgehead atoms. The highest BCUT2D eigenvalue weighted by Crippen LogP contribution is 2.34. The van der Waals surface area contributed by atoms with E-state index in [0.717, 1.165) is 31.2 Å². The Morgan fingerprint density at radius 3 is 2.40 bits per heavy atom. The van der Waals surface area contributed by atoms with Gasteiger partial charge in [-0.05, 0) is 68.6 Å². The smallest absolute Gasteiger partial charge is 0.356 e. The number of alkyl halides is 3. The first kappa shape index (κ1) is 30.9. The summed E-state index contributed by atoms with van der Waals surface area (Å²) in [6.45, 7) is 2.51. The maximum absolute atomic E-state index is 13.9. The van der Waals surface area contributed by atoms with Crippen molar-refractivity contribution < 1.29 is 22.8 Å². The number of aromatic nitrogens is 2. The molecular formula is C29H37F3N8O2. The molecule has 2 aromatic rings. The van der Waals surface area contributed by atoms with Gasteiger partial charge in [0.15, 0.2) is 0 Å². The van der Waals surface area contributed by atoms with E-state index in [4.69, 9.17) is 5.26 Å². The van der Waals surface area contributed by atoms with Crippen molar-refractivity contribution in [2.24, 2.45) is 5.92 Å². The van der Waals surface area contributed by atoms with E-state index < -0.39 is 18.0 Å². The van der Waals surface area contributed by atoms with E-state index in [1.807, 2.05) is 17.0 Å². The molecule has 42 heavy (non-hydrogen) atoms. The van der Waals surface area contributed by atoms with Crippen LogP contribution in [-0.2, 0) is 17.4 Å². The molecule has 2 saturated heterocycles. The number of urea groups is 1. The highest BCUT2D eigenvalue weighted by Gasteiger charge is 2.38. The fourth-order valence-corrected chi connectivity index (χ4v) is 5.50. The first-order valence-electron chi connectivity index (χ1n) is 14.4. The van der Waals surface area contributed by atoms with E-state index >= 15 is 0 Å². The Hall–Kier alpha value is -4.08. The normalized spacial score (nSPS) is 17.5. The molecule has 1 aromatic heterocycles. The molecule has 3 heterocycles. The van der Waals surface area contributed by atoms with Crippen molar-refractivity contribution >= 4 is 23.6 Å². The molecule has 2 aliphatic rings. The number of hydrogen-bond acceptors (Lipinski definition) is 7. The van der Waals surface area contributed by atoms with Gasteiger partial charge in [-0.1, -0.05) is 12.1 Å². The lowest BCUT2D eigenvalue weighted by atomic mass is 9.92. The standard InChI is InChI=1S/C29H37F3N8O2/c1-34-28(42)36-13-2-4-20-11-16-39(17-12-20)24-18-25(38-27(37-24)29(30,31)32)40-15-3-5-23(40)26(41)35-14-10-21-6-8-22(19-33)9-7-21/h6-9,18,20,23H,2-5,10-17H2,1H3,(H,35,41)(H2,34,36,42)/t23-/m0/s1. The Kier molecular flexibility index (Phi) is 10.4. The van der Waals surface area contributed by atoms with Gasteiger partial charge in [0.25, 0.3) is 0 Å². The number of carbonyl (C=O) groups is 2. The average Bonchev–Trinajstić information content (AvgIpc) is 3.49. The van der Waals surface area contributed by atoms with Crippen LogP contribution in [0.1, 0.15) is 55.5 Å². The second-order valence-electron chi connectivity index (χ2n) is 10.7. The van der Waals surface area contributed by atoms with Gasteiger partial charge in [0.05, 0.1) is 11.6 Å². The van der Waals surface area contributed by atoms with Gasteiger partial charge < -0.3 is 25.8 Å². The van der Waals surface area contributed by atoms with Gasteiger partial charge in [-0.25, -0.2) is 14.8 Å². The number of amides is 3. The molecule has 0 saturated carbocycles. The average molecular weight is 587 g/mol. The van der Waals surface area contributed by atoms with Crippen LogP contribution in [0.15, 0.2) is 30.3 Å². The van der Waals surface area contributed by atoms with Crippen LogP contribution in [0.5, 0.6) is 0 Å². The van der Waals surface area contributed by atoms with Crippen LogP contribution in [0.25, 0.3) is 0 Å². The van der Waals surface area contributed by atoms with E-state index in [2.05, 4.69) is 32.0 Å². The van der Waals surface area contributed by atoms with Crippen molar-refractivity contribution in [3.8, 4) is 6.07 Å². The second-order valence-corrected chi connectivity index (χ2v) is 10.7. The molecule has 0 unspecified atom stereocenters. The molecule has 3 amide bonds. The number of nitrogens with zero attached hydrogens (tertiary/aromatic N) is 5. The largest absolute Gasteiger partial charge is 0.451 e. The topological polar surface area (TPSA) is 126 Å². The van der Waals surface area contributed by atoms with Crippen LogP contribution in [0.4, 0.5) is 29.6 Å². The highest BCUT2D eigenvalue weighted by atomic mass is 19.4. The lowest BCUT2D eigenvalue weighted by Crippen LogP contribution is -2.44. The number of piperidine rings is 1. The predicted molar refractivity (Wildman–Crippen MR) is 152 cm³/mol. The van der Waals surface area contributed by atoms with Crippen LogP contribution < -0.4 is 25.8 Å². The second kappa shape index (κ2) is 14.2. The third-order valence-corrected chi connectivity index (χ3v) is 7.84. The Balaban J connectivity index is 1.38. The number of carbonyl (C=O) groups excluding carboxylic acids is 2. The molecular weight excluding hydrogens is 549 g/mol. The molecule has 13 heteroatoms. The summed E-state index contributed by atoms with van der Waals surface area (Å²) < 4.78 is 41.6. The van der Waals surface area contributed by atoms with E-state index in [0.29, 0.717) is 63.5 Å². The van der Waals surface area contributed by atoms with Crippen molar-refractivity contribution in [2.75, 3.05) is 49.6 Å². The van der Waals surface area contributed by atoms with Crippen molar-refractivity contribution in [1.82, 2.24) is 25.9 Å². The summed E-state index contributed by atoms with van der Waals surface area (Å²) in [5.74, 6) is -0.698. The number of hydrogen-bond donors (Lipinski definition) is 3. The van der Waals surface area contributed by atoms with Gasteiger partial charge in [-0.15, -0.1) is 0 Å². The molecule has 4 rings (SSSR count). The summed E-state index contributed by atoms with van der Waals surface area (Å²) in [4.78, 5) is 35.7. The van der Waals surface area contributed by atoms with Crippen molar-refractivity contribution in [3.63, 3.8) is 0 Å². The van der Waals surface area contributed by atoms with Crippen LogP contribution >= 0.6 is 0 Å². The zero-order valence-electron chi connectivity index (χ0n) is 23.7. The third kappa shape index (κ3) is 8.24. The molecule has 0 spiro atoms. The van der Waals surface area contributed by atoms with Crippen LogP contribution in [0.3, 0.4) is 0 Å². The van der Waals surface area contributed by atoms with E-state index in [1.54, 1.807) is 30.1 Å². The predicted octanol–water partition coefficient (Wildman–Crippen LogP) is 3.62. The first-order chi connectivity index (χ1) is 20.2. The molecule has 3 N–H and O–H groups in total. The van der Waals surface area contributed by atoms with Crippen LogP contribution in [0, 0.1) is 17.2 Å². The van der Waals surface area contributed by atoms with Gasteiger partial charge in [-0.2, -0.15) is 18.4 Å². The minimum Gasteiger partial charge on any atom is -0.356 e. The summed E-state index contributed by atoms with van der Waals surface area (Å²) in [5, 5.41) is 17.1. The molecule has 226 valence electrons. The van der Waals surface area contributed by atoms with Crippen molar-refractivity contribution in [3.05, 3.63) is 47.3 Å². The molecule has 10 nitrogen and oxygen atoms in total. The molecule has 1 atom stereocenters. The molecule has 2 aliphatic heterocycles. The number of nitrogens with one attached hydrogen (secondary N) is 3. The SMILES string of the molecule is CNC(=O)NCCCC1CCN(c2cc(N3CCC[C@H]3C(=O)NCCc3ccc(C#N)cc3)nc(C(F)(F)F)n2)CC1. The number of anilines is 2. The van der Waals surface area contributed by atoms with E-state index in [9.17, 15) is 22.8 Å². The van der Waals surface area contributed by atoms with Crippen molar-refractivity contribution in [1.29, 1.82) is 5.26 Å². The fraction of sp³-hybridized carbons (Fsp3) is 0.552. The summed E-state index contributed by atoms with van der Waals surface area (Å²) in [6, 6.07) is 9.91. The van der Waals surface area contributed by atoms with Crippen molar-refractivity contribution in [2.45, 2.75) is 57.2 Å². The number of benzene rings is 1. The summed E-state index contributed by atoms with van der Waals surface area (Å²) in [5.41, 5.74) is 1.53. The first-order valence-corrected chi connectivity index (χ1v) is 14.4. The third-order valence-electron chi connectivity index (χ3n) is 7.84. The van der Waals surface area contributed by atoms with Gasteiger partial charge in [-0.3, -0.25) is 4.79 Å². The van der Waals surface area contributed by atoms with Gasteiger partial charge in [0, 0.05) is 45.8 Å². The Bertz CT molecular complexity index is 1260. The molecule has 1 aromatic carbocycles. The quantitative estimate of drug-likeness (QED) is 0.363. The van der Waals surface area contributed by atoms with Crippen LogP contribution in [-0.4, -0.2) is 67.7 Å². The monoisotopic (exact) mass is 586 g/mol. The summed E-state index contributed by atoms with van der Waals surface area (Å²) >= 11 is 0. The molecule has 0 aliphatic carbocycles. The summed E-state index contributed by atoms with van der Waals surface area (Å²) in [6.07, 6.45) is 0.414. The van der Waals surface area contributed by atoms with Gasteiger partial charge in [0.2, 0.25) is 11.7 Å². The Morgan fingerprint density at radius 2 is 1.74 bits per heavy atom. The van der Waals surface area contributed by atoms with Gasteiger partial charge in [0.1, 0.15) is 17.7 Å². The lowest BCUT2D eigenvalue weighted by molar-refractivity contribution is -0.144. The number of halogens is 3. The van der Waals surface area contributed by atoms with E-state index in [1.165, 1.54) is 0 Å². The number of rotatable bonds is 10. The Labute approximate surface area is 243 Å². The minimum atomic E-state index is -4.72. The molecule has 0 radical (unpaired) electrons. The zero-order chi connectivity index (χ0) is 30.1. The highest BCUT2D eigenvalue weighted by molar-refractivity contribution is 5.85. The molecule has 2 fully saturated rings. The van der Waals surface area contributed by atoms with Gasteiger partial charge >= 0.3 is 12.2 Å². The number of nitriles is 1. The Morgan fingerprint density at radius 1 is 1.02 bits per heavy atom.